The van der Waals surface area contributed by atoms with Crippen molar-refractivity contribution in [2.45, 2.75) is 32.4 Å². The van der Waals surface area contributed by atoms with Crippen LogP contribution < -0.4 is 0 Å². The molecule has 1 aliphatic rings. The Bertz CT molecular complexity index is 169. The molecule has 0 amide bonds. The first kappa shape index (κ1) is 13.4. The number of ether oxygens (including phenoxy) is 2. The molecule has 2 atom stereocenters. The van der Waals surface area contributed by atoms with E-state index in [9.17, 15) is 0 Å². The maximum Gasteiger partial charge on any atom is 0.0799 e. The van der Waals surface area contributed by atoms with Crippen LogP contribution in [0.2, 0.25) is 0 Å². The molecular formula is C11H22BrNO2. The molecule has 0 bridgehead atoms. The first-order valence-corrected chi connectivity index (χ1v) is 6.89. The second kappa shape index (κ2) is 7.60. The van der Waals surface area contributed by atoms with Crippen LogP contribution in [0.3, 0.4) is 0 Å². The van der Waals surface area contributed by atoms with Gasteiger partial charge in [0.2, 0.25) is 0 Å². The molecule has 0 aromatic rings. The van der Waals surface area contributed by atoms with Crippen LogP contribution >= 0.6 is 15.9 Å². The Morgan fingerprint density at radius 2 is 2.27 bits per heavy atom. The average Bonchev–Trinajstić information content (AvgIpc) is 2.26. The van der Waals surface area contributed by atoms with Gasteiger partial charge in [-0.3, -0.25) is 4.90 Å². The lowest BCUT2D eigenvalue weighted by atomic mass is 10.2. The van der Waals surface area contributed by atoms with E-state index in [0.29, 0.717) is 12.1 Å². The fourth-order valence-electron chi connectivity index (χ4n) is 1.71. The predicted octanol–water partition coefficient (Wildman–Crippen LogP) is 1.90. The minimum atomic E-state index is 0.340. The van der Waals surface area contributed by atoms with Gasteiger partial charge in [-0.1, -0.05) is 22.9 Å². The molecule has 1 heterocycles. The smallest absolute Gasteiger partial charge is 0.0799 e. The van der Waals surface area contributed by atoms with Gasteiger partial charge in [-0.2, -0.15) is 0 Å². The fraction of sp³-hybridized carbons (Fsp3) is 1.00. The molecule has 0 radical (unpaired) electrons. The van der Waals surface area contributed by atoms with Gasteiger partial charge in [0.15, 0.2) is 0 Å². The van der Waals surface area contributed by atoms with E-state index in [0.717, 1.165) is 44.7 Å². The molecule has 15 heavy (non-hydrogen) atoms. The van der Waals surface area contributed by atoms with E-state index in [1.807, 2.05) is 0 Å². The maximum absolute atomic E-state index is 5.67. The summed E-state index contributed by atoms with van der Waals surface area (Å²) in [4.78, 5) is 2.45. The first-order chi connectivity index (χ1) is 7.27. The molecule has 1 rings (SSSR count). The Labute approximate surface area is 101 Å². The highest BCUT2D eigenvalue weighted by Crippen LogP contribution is 2.12. The zero-order chi connectivity index (χ0) is 11.1. The van der Waals surface area contributed by atoms with Crippen molar-refractivity contribution in [2.75, 3.05) is 38.2 Å². The quantitative estimate of drug-likeness (QED) is 0.548. The lowest BCUT2D eigenvalue weighted by Gasteiger charge is -2.37. The van der Waals surface area contributed by atoms with E-state index < -0.39 is 0 Å². The number of hydrogen-bond acceptors (Lipinski definition) is 3. The van der Waals surface area contributed by atoms with Gasteiger partial charge in [-0.05, 0) is 13.3 Å². The van der Waals surface area contributed by atoms with Gasteiger partial charge < -0.3 is 9.47 Å². The summed E-state index contributed by atoms with van der Waals surface area (Å²) in [7, 11) is 0. The monoisotopic (exact) mass is 279 g/mol. The second-order valence-electron chi connectivity index (χ2n) is 4.07. The lowest BCUT2D eigenvalue weighted by molar-refractivity contribution is -0.0544. The molecule has 3 nitrogen and oxygen atoms in total. The number of alkyl halides is 1. The third-order valence-electron chi connectivity index (χ3n) is 2.68. The van der Waals surface area contributed by atoms with E-state index in [1.54, 1.807) is 0 Å². The predicted molar refractivity (Wildman–Crippen MR) is 65.7 cm³/mol. The lowest BCUT2D eigenvalue weighted by Crippen LogP contribution is -2.49. The van der Waals surface area contributed by atoms with E-state index in [2.05, 4.69) is 34.7 Å². The van der Waals surface area contributed by atoms with Crippen molar-refractivity contribution in [3.8, 4) is 0 Å². The highest BCUT2D eigenvalue weighted by molar-refractivity contribution is 9.09. The van der Waals surface area contributed by atoms with E-state index in [4.69, 9.17) is 9.47 Å². The van der Waals surface area contributed by atoms with Gasteiger partial charge in [0.25, 0.3) is 0 Å². The van der Waals surface area contributed by atoms with Crippen LogP contribution in [-0.2, 0) is 9.47 Å². The molecule has 0 aromatic heterocycles. The molecule has 4 heteroatoms. The highest BCUT2D eigenvalue weighted by Gasteiger charge is 2.24. The van der Waals surface area contributed by atoms with Crippen LogP contribution in [-0.4, -0.2) is 55.3 Å². The van der Waals surface area contributed by atoms with E-state index >= 15 is 0 Å². The zero-order valence-electron chi connectivity index (χ0n) is 9.75. The molecule has 1 aliphatic heterocycles. The molecule has 0 saturated carbocycles. The second-order valence-corrected chi connectivity index (χ2v) is 4.71. The summed E-state index contributed by atoms with van der Waals surface area (Å²) in [6, 6.07) is 0.519. The largest absolute Gasteiger partial charge is 0.380 e. The standard InChI is InChI=1S/C11H22BrNO2/c1-3-5-14-6-4-13-8-11(7-12)15-9-10(13)2/h10-11H,3-9H2,1-2H3. The molecule has 2 unspecified atom stereocenters. The minimum Gasteiger partial charge on any atom is -0.380 e. The van der Waals surface area contributed by atoms with Crippen molar-refractivity contribution in [3.05, 3.63) is 0 Å². The summed E-state index contributed by atoms with van der Waals surface area (Å²) in [5.41, 5.74) is 0. The first-order valence-electron chi connectivity index (χ1n) is 5.77. The van der Waals surface area contributed by atoms with Crippen LogP contribution in [0, 0.1) is 0 Å². The summed E-state index contributed by atoms with van der Waals surface area (Å²) >= 11 is 3.47. The Kier molecular flexibility index (Phi) is 6.81. The van der Waals surface area contributed by atoms with Gasteiger partial charge in [0.05, 0.1) is 19.3 Å². The molecule has 0 aromatic carbocycles. The summed E-state index contributed by atoms with van der Waals surface area (Å²) in [5, 5.41) is 0.923. The van der Waals surface area contributed by atoms with Crippen LogP contribution in [0.15, 0.2) is 0 Å². The summed E-state index contributed by atoms with van der Waals surface area (Å²) < 4.78 is 11.2. The average molecular weight is 280 g/mol. The minimum absolute atomic E-state index is 0.340. The summed E-state index contributed by atoms with van der Waals surface area (Å²) in [6.45, 7) is 8.94. The maximum atomic E-state index is 5.67. The van der Waals surface area contributed by atoms with Gasteiger partial charge >= 0.3 is 0 Å². The zero-order valence-corrected chi connectivity index (χ0v) is 11.3. The normalized spacial score (nSPS) is 28.2. The third kappa shape index (κ3) is 4.81. The van der Waals surface area contributed by atoms with E-state index in [1.165, 1.54) is 0 Å². The Balaban J connectivity index is 2.19. The van der Waals surface area contributed by atoms with Gasteiger partial charge in [0, 0.05) is 31.1 Å². The number of halogens is 1. The van der Waals surface area contributed by atoms with Crippen molar-refractivity contribution >= 4 is 15.9 Å². The van der Waals surface area contributed by atoms with Gasteiger partial charge in [0.1, 0.15) is 0 Å². The summed E-state index contributed by atoms with van der Waals surface area (Å²) in [6.07, 6.45) is 1.44. The highest BCUT2D eigenvalue weighted by atomic mass is 79.9. The Morgan fingerprint density at radius 1 is 1.47 bits per heavy atom. The number of morpholine rings is 1. The molecule has 0 aliphatic carbocycles. The molecular weight excluding hydrogens is 258 g/mol. The van der Waals surface area contributed by atoms with Crippen molar-refractivity contribution in [2.24, 2.45) is 0 Å². The third-order valence-corrected chi connectivity index (χ3v) is 3.40. The molecule has 0 N–H and O–H groups in total. The van der Waals surface area contributed by atoms with Crippen LogP contribution in [0.5, 0.6) is 0 Å². The molecule has 1 saturated heterocycles. The van der Waals surface area contributed by atoms with Crippen molar-refractivity contribution in [1.29, 1.82) is 0 Å². The molecule has 90 valence electrons. The van der Waals surface area contributed by atoms with Crippen LogP contribution in [0.1, 0.15) is 20.3 Å². The van der Waals surface area contributed by atoms with Crippen LogP contribution in [0.4, 0.5) is 0 Å². The van der Waals surface area contributed by atoms with Crippen molar-refractivity contribution < 1.29 is 9.47 Å². The van der Waals surface area contributed by atoms with Crippen molar-refractivity contribution in [3.63, 3.8) is 0 Å². The summed E-state index contributed by atoms with van der Waals surface area (Å²) in [5.74, 6) is 0. The number of nitrogens with zero attached hydrogens (tertiary/aromatic N) is 1. The topological polar surface area (TPSA) is 21.7 Å². The fourth-order valence-corrected chi connectivity index (χ4v) is 2.10. The molecule has 1 fully saturated rings. The van der Waals surface area contributed by atoms with Gasteiger partial charge in [-0.25, -0.2) is 0 Å². The number of rotatable bonds is 6. The van der Waals surface area contributed by atoms with E-state index in [-0.39, 0.29) is 0 Å². The van der Waals surface area contributed by atoms with Crippen LogP contribution in [0.25, 0.3) is 0 Å². The van der Waals surface area contributed by atoms with Gasteiger partial charge in [-0.15, -0.1) is 0 Å². The Hall–Kier alpha value is 0.360. The Morgan fingerprint density at radius 3 is 2.93 bits per heavy atom. The molecule has 0 spiro atoms. The number of hydrogen-bond donors (Lipinski definition) is 0. The van der Waals surface area contributed by atoms with Crippen molar-refractivity contribution in [1.82, 2.24) is 4.90 Å². The SMILES string of the molecule is CCCOCCN1CC(CBr)OCC1C.